The summed E-state index contributed by atoms with van der Waals surface area (Å²) < 4.78 is 5.05. The van der Waals surface area contributed by atoms with Crippen molar-refractivity contribution in [2.24, 2.45) is 0 Å². The number of esters is 1. The van der Waals surface area contributed by atoms with Gasteiger partial charge in [0.15, 0.2) is 0 Å². The van der Waals surface area contributed by atoms with E-state index < -0.39 is 12.0 Å². The number of benzene rings is 1. The number of rotatable bonds is 5. The molecule has 2 atom stereocenters. The Kier molecular flexibility index (Phi) is 5.18. The summed E-state index contributed by atoms with van der Waals surface area (Å²) in [5, 5.41) is 9.84. The third-order valence-electron chi connectivity index (χ3n) is 4.15. The first-order valence-corrected chi connectivity index (χ1v) is 7.58. The fourth-order valence-corrected chi connectivity index (χ4v) is 3.08. The van der Waals surface area contributed by atoms with Gasteiger partial charge in [0.25, 0.3) is 0 Å². The van der Waals surface area contributed by atoms with Crippen molar-refractivity contribution >= 4 is 5.97 Å². The van der Waals surface area contributed by atoms with Gasteiger partial charge in [-0.25, -0.2) is 0 Å². The number of aliphatic hydroxyl groups is 1. The zero-order valence-electron chi connectivity index (χ0n) is 12.3. The van der Waals surface area contributed by atoms with Gasteiger partial charge in [-0.3, -0.25) is 4.79 Å². The Labute approximate surface area is 121 Å². The smallest absolute Gasteiger partial charge is 0.316 e. The van der Waals surface area contributed by atoms with E-state index in [1.165, 1.54) is 31.2 Å². The summed E-state index contributed by atoms with van der Waals surface area (Å²) in [6.45, 7) is 3.74. The van der Waals surface area contributed by atoms with Crippen molar-refractivity contribution in [3.63, 3.8) is 0 Å². The number of carbonyl (C=O) groups excluding carboxylic acids is 1. The minimum Gasteiger partial charge on any atom is -0.465 e. The van der Waals surface area contributed by atoms with Crippen LogP contribution in [0.2, 0.25) is 0 Å². The molecular formula is C17H24O3. The average molecular weight is 276 g/mol. The highest BCUT2D eigenvalue weighted by atomic mass is 16.5. The lowest BCUT2D eigenvalue weighted by molar-refractivity contribution is -0.147. The van der Waals surface area contributed by atoms with Gasteiger partial charge in [-0.2, -0.15) is 0 Å². The summed E-state index contributed by atoms with van der Waals surface area (Å²) in [4.78, 5) is 11.9. The molecule has 20 heavy (non-hydrogen) atoms. The Hall–Kier alpha value is -1.35. The van der Waals surface area contributed by atoms with Crippen molar-refractivity contribution < 1.29 is 14.6 Å². The number of carbonyl (C=O) groups is 1. The molecule has 2 unspecified atom stereocenters. The predicted octanol–water partition coefficient (Wildman–Crippen LogP) is 3.37. The monoisotopic (exact) mass is 276 g/mol. The molecule has 1 fully saturated rings. The van der Waals surface area contributed by atoms with Gasteiger partial charge in [-0.15, -0.1) is 0 Å². The van der Waals surface area contributed by atoms with E-state index in [9.17, 15) is 9.90 Å². The summed E-state index contributed by atoms with van der Waals surface area (Å²) in [6, 6.07) is 8.11. The Morgan fingerprint density at radius 3 is 2.40 bits per heavy atom. The molecule has 0 amide bonds. The Bertz CT molecular complexity index is 430. The molecule has 0 bridgehead atoms. The van der Waals surface area contributed by atoms with Crippen molar-refractivity contribution in [3.8, 4) is 0 Å². The fraction of sp³-hybridized carbons (Fsp3) is 0.588. The first kappa shape index (κ1) is 15.0. The summed E-state index contributed by atoms with van der Waals surface area (Å²) in [6.07, 6.45) is 4.40. The summed E-state index contributed by atoms with van der Waals surface area (Å²) in [5.74, 6) is -0.277. The molecule has 0 saturated heterocycles. The highest BCUT2D eigenvalue weighted by molar-refractivity contribution is 5.78. The van der Waals surface area contributed by atoms with Crippen LogP contribution in [0.4, 0.5) is 0 Å². The van der Waals surface area contributed by atoms with Gasteiger partial charge in [0.05, 0.1) is 12.7 Å². The van der Waals surface area contributed by atoms with Crippen LogP contribution in [0.25, 0.3) is 0 Å². The molecule has 0 aromatic heterocycles. The summed E-state index contributed by atoms with van der Waals surface area (Å²) in [5.41, 5.74) is 2.18. The average Bonchev–Trinajstić information content (AvgIpc) is 2.93. The lowest BCUT2D eigenvalue weighted by Gasteiger charge is -2.19. The molecule has 1 aromatic carbocycles. The first-order valence-electron chi connectivity index (χ1n) is 7.58. The van der Waals surface area contributed by atoms with Crippen LogP contribution in [0.1, 0.15) is 62.5 Å². The highest BCUT2D eigenvalue weighted by Gasteiger charge is 2.27. The maximum atomic E-state index is 11.9. The lowest BCUT2D eigenvalue weighted by Crippen LogP contribution is -2.25. The second kappa shape index (κ2) is 6.89. The molecule has 1 aliphatic rings. The predicted molar refractivity (Wildman–Crippen MR) is 78.7 cm³/mol. The quantitative estimate of drug-likeness (QED) is 0.839. The van der Waals surface area contributed by atoms with Crippen LogP contribution in [0, 0.1) is 0 Å². The van der Waals surface area contributed by atoms with Crippen molar-refractivity contribution in [2.75, 3.05) is 6.61 Å². The Morgan fingerprint density at radius 2 is 1.90 bits per heavy atom. The molecule has 0 heterocycles. The highest BCUT2D eigenvalue weighted by Crippen LogP contribution is 2.34. The van der Waals surface area contributed by atoms with Gasteiger partial charge >= 0.3 is 5.97 Å². The van der Waals surface area contributed by atoms with Crippen molar-refractivity contribution in [3.05, 3.63) is 35.4 Å². The largest absolute Gasteiger partial charge is 0.465 e. The van der Waals surface area contributed by atoms with E-state index in [4.69, 9.17) is 4.74 Å². The molecule has 0 radical (unpaired) electrons. The summed E-state index contributed by atoms with van der Waals surface area (Å²) in [7, 11) is 0. The van der Waals surface area contributed by atoms with Crippen LogP contribution in [-0.2, 0) is 9.53 Å². The van der Waals surface area contributed by atoms with Gasteiger partial charge in [-0.1, -0.05) is 37.1 Å². The molecule has 1 N–H and O–H groups in total. The molecule has 110 valence electrons. The molecule has 0 aliphatic heterocycles. The van der Waals surface area contributed by atoms with E-state index in [0.717, 1.165) is 5.56 Å². The van der Waals surface area contributed by atoms with Crippen LogP contribution in [0.15, 0.2) is 24.3 Å². The molecule has 3 heteroatoms. The van der Waals surface area contributed by atoms with Gasteiger partial charge in [0.1, 0.15) is 5.92 Å². The van der Waals surface area contributed by atoms with Gasteiger partial charge in [0.2, 0.25) is 0 Å². The zero-order chi connectivity index (χ0) is 14.5. The topological polar surface area (TPSA) is 46.5 Å². The van der Waals surface area contributed by atoms with E-state index in [1.807, 2.05) is 12.1 Å². The molecule has 1 aromatic rings. The van der Waals surface area contributed by atoms with Crippen LogP contribution in [-0.4, -0.2) is 23.8 Å². The minimum atomic E-state index is -0.744. The molecule has 0 spiro atoms. The number of hydrogen-bond acceptors (Lipinski definition) is 3. The molecule has 2 rings (SSSR count). The van der Waals surface area contributed by atoms with E-state index in [2.05, 4.69) is 12.1 Å². The molecule has 3 nitrogen and oxygen atoms in total. The van der Waals surface area contributed by atoms with Crippen molar-refractivity contribution in [1.29, 1.82) is 0 Å². The van der Waals surface area contributed by atoms with Gasteiger partial charge < -0.3 is 9.84 Å². The van der Waals surface area contributed by atoms with Crippen molar-refractivity contribution in [2.45, 2.75) is 57.5 Å². The normalized spacial score (nSPS) is 18.8. The summed E-state index contributed by atoms with van der Waals surface area (Å²) >= 11 is 0. The molecular weight excluding hydrogens is 252 g/mol. The van der Waals surface area contributed by atoms with Crippen LogP contribution < -0.4 is 0 Å². The SMILES string of the molecule is CCOC(=O)C(c1ccc(C2CCCC2)cc1)C(C)O. The Morgan fingerprint density at radius 1 is 1.30 bits per heavy atom. The van der Waals surface area contributed by atoms with E-state index in [1.54, 1.807) is 13.8 Å². The minimum absolute atomic E-state index is 0.336. The third kappa shape index (κ3) is 3.40. The van der Waals surface area contributed by atoms with Gasteiger partial charge in [-0.05, 0) is 43.7 Å². The third-order valence-corrected chi connectivity index (χ3v) is 4.15. The zero-order valence-corrected chi connectivity index (χ0v) is 12.3. The van der Waals surface area contributed by atoms with Crippen molar-refractivity contribution in [1.82, 2.24) is 0 Å². The number of ether oxygens (including phenoxy) is 1. The Balaban J connectivity index is 2.15. The lowest BCUT2D eigenvalue weighted by atomic mass is 9.90. The fourth-order valence-electron chi connectivity index (χ4n) is 3.08. The van der Waals surface area contributed by atoms with E-state index in [0.29, 0.717) is 12.5 Å². The van der Waals surface area contributed by atoms with Crippen LogP contribution in [0.5, 0.6) is 0 Å². The number of aliphatic hydroxyl groups excluding tert-OH is 1. The second-order valence-corrected chi connectivity index (χ2v) is 5.62. The van der Waals surface area contributed by atoms with E-state index >= 15 is 0 Å². The standard InChI is InChI=1S/C17H24O3/c1-3-20-17(19)16(12(2)18)15-10-8-14(9-11-15)13-6-4-5-7-13/h8-13,16,18H,3-7H2,1-2H3. The van der Waals surface area contributed by atoms with Gasteiger partial charge in [0, 0.05) is 0 Å². The molecule has 1 saturated carbocycles. The second-order valence-electron chi connectivity index (χ2n) is 5.62. The maximum absolute atomic E-state index is 11.9. The van der Waals surface area contributed by atoms with Crippen LogP contribution in [0.3, 0.4) is 0 Å². The van der Waals surface area contributed by atoms with Crippen LogP contribution >= 0.6 is 0 Å². The maximum Gasteiger partial charge on any atom is 0.316 e. The molecule has 1 aliphatic carbocycles. The first-order chi connectivity index (χ1) is 9.63. The number of hydrogen-bond donors (Lipinski definition) is 1. The van der Waals surface area contributed by atoms with E-state index in [-0.39, 0.29) is 5.97 Å².